The molecule has 0 aliphatic carbocycles. The molecule has 0 saturated heterocycles. The van der Waals surface area contributed by atoms with Gasteiger partial charge in [0.05, 0.1) is 10.7 Å². The number of hydrogen-bond donors (Lipinski definition) is 1. The third kappa shape index (κ3) is 2.77. The smallest absolute Gasteiger partial charge is 0.131 e. The van der Waals surface area contributed by atoms with Gasteiger partial charge in [0.25, 0.3) is 0 Å². The van der Waals surface area contributed by atoms with Crippen LogP contribution >= 0.6 is 11.6 Å². The fraction of sp³-hybridized carbons (Fsp3) is 0.200. The summed E-state index contributed by atoms with van der Waals surface area (Å²) in [7, 11) is 0. The lowest BCUT2D eigenvalue weighted by molar-refractivity contribution is 0.478. The summed E-state index contributed by atoms with van der Waals surface area (Å²) in [5.74, 6) is 1.56. The monoisotopic (exact) mass is 261 g/mol. The van der Waals surface area contributed by atoms with E-state index in [9.17, 15) is 0 Å². The first kappa shape index (κ1) is 12.8. The lowest BCUT2D eigenvalue weighted by Crippen LogP contribution is -1.92. The van der Waals surface area contributed by atoms with Crippen LogP contribution in [0.15, 0.2) is 36.4 Å². The first-order chi connectivity index (χ1) is 8.60. The largest absolute Gasteiger partial charge is 0.457 e. The number of nitrogens with two attached hydrogens (primary N) is 1. The molecule has 94 valence electrons. The van der Waals surface area contributed by atoms with E-state index in [1.807, 2.05) is 31.2 Å². The summed E-state index contributed by atoms with van der Waals surface area (Å²) in [6, 6.07) is 11.6. The van der Waals surface area contributed by atoms with Gasteiger partial charge in [0.2, 0.25) is 0 Å². The topological polar surface area (TPSA) is 35.2 Å². The molecule has 0 saturated carbocycles. The van der Waals surface area contributed by atoms with Crippen LogP contribution in [0.5, 0.6) is 11.5 Å². The third-order valence-corrected chi connectivity index (χ3v) is 3.16. The van der Waals surface area contributed by atoms with Gasteiger partial charge >= 0.3 is 0 Å². The molecule has 0 bridgehead atoms. The van der Waals surface area contributed by atoms with E-state index in [4.69, 9.17) is 22.1 Å². The van der Waals surface area contributed by atoms with Gasteiger partial charge in [-0.3, -0.25) is 0 Å². The van der Waals surface area contributed by atoms with E-state index < -0.39 is 0 Å². The van der Waals surface area contributed by atoms with Gasteiger partial charge in [0, 0.05) is 6.07 Å². The highest BCUT2D eigenvalue weighted by Crippen LogP contribution is 2.32. The summed E-state index contributed by atoms with van der Waals surface area (Å²) < 4.78 is 5.85. The Labute approximate surface area is 112 Å². The zero-order valence-electron chi connectivity index (χ0n) is 10.5. The molecule has 0 radical (unpaired) electrons. The normalized spacial score (nSPS) is 10.4. The molecule has 0 spiro atoms. The van der Waals surface area contributed by atoms with Gasteiger partial charge in [-0.25, -0.2) is 0 Å². The molecule has 0 aliphatic rings. The second-order valence-corrected chi connectivity index (χ2v) is 4.65. The maximum atomic E-state index is 6.01. The lowest BCUT2D eigenvalue weighted by atomic mass is 10.1. The Balaban J connectivity index is 2.30. The standard InChI is InChI=1S/C15H16ClNO/c1-3-11-5-4-6-12(8-11)18-15-9-13(16)14(17)7-10(15)2/h4-9H,3,17H2,1-2H3. The van der Waals surface area contributed by atoms with Crippen LogP contribution in [0, 0.1) is 6.92 Å². The molecule has 0 atom stereocenters. The Hall–Kier alpha value is -1.67. The Bertz CT molecular complexity index is 566. The molecule has 3 heteroatoms. The summed E-state index contributed by atoms with van der Waals surface area (Å²) in [4.78, 5) is 0. The van der Waals surface area contributed by atoms with E-state index >= 15 is 0 Å². The van der Waals surface area contributed by atoms with Crippen molar-refractivity contribution in [3.05, 3.63) is 52.5 Å². The SMILES string of the molecule is CCc1cccc(Oc2cc(Cl)c(N)cc2C)c1. The van der Waals surface area contributed by atoms with Crippen LogP contribution in [0.4, 0.5) is 5.69 Å². The average molecular weight is 262 g/mol. The van der Waals surface area contributed by atoms with Crippen molar-refractivity contribution in [2.24, 2.45) is 0 Å². The molecule has 0 aliphatic heterocycles. The second-order valence-electron chi connectivity index (χ2n) is 4.24. The van der Waals surface area contributed by atoms with Crippen LogP contribution in [0.1, 0.15) is 18.1 Å². The van der Waals surface area contributed by atoms with Crippen LogP contribution < -0.4 is 10.5 Å². The first-order valence-corrected chi connectivity index (χ1v) is 6.30. The summed E-state index contributed by atoms with van der Waals surface area (Å²) in [6.45, 7) is 4.07. The molecular weight excluding hydrogens is 246 g/mol. The lowest BCUT2D eigenvalue weighted by Gasteiger charge is -2.11. The van der Waals surface area contributed by atoms with Crippen molar-refractivity contribution in [3.63, 3.8) is 0 Å². The van der Waals surface area contributed by atoms with Crippen LogP contribution in [0.2, 0.25) is 5.02 Å². The Morgan fingerprint density at radius 1 is 1.22 bits per heavy atom. The fourth-order valence-electron chi connectivity index (χ4n) is 1.75. The summed E-state index contributed by atoms with van der Waals surface area (Å²) in [5.41, 5.74) is 8.53. The minimum absolute atomic E-state index is 0.516. The van der Waals surface area contributed by atoms with Gasteiger partial charge in [0.1, 0.15) is 11.5 Å². The number of nitrogen functional groups attached to an aromatic ring is 1. The van der Waals surface area contributed by atoms with Gasteiger partial charge in [-0.1, -0.05) is 30.7 Å². The van der Waals surface area contributed by atoms with Crippen LogP contribution in [0.25, 0.3) is 0 Å². The van der Waals surface area contributed by atoms with E-state index in [0.29, 0.717) is 10.7 Å². The minimum Gasteiger partial charge on any atom is -0.457 e. The minimum atomic E-state index is 0.516. The molecular formula is C15H16ClNO. The number of halogens is 1. The number of aryl methyl sites for hydroxylation is 2. The molecule has 2 N–H and O–H groups in total. The van der Waals surface area contributed by atoms with Crippen molar-refractivity contribution < 1.29 is 4.74 Å². The number of ether oxygens (including phenoxy) is 1. The average Bonchev–Trinajstić information content (AvgIpc) is 2.36. The Morgan fingerprint density at radius 2 is 2.00 bits per heavy atom. The molecule has 0 unspecified atom stereocenters. The van der Waals surface area contributed by atoms with E-state index in [0.717, 1.165) is 23.5 Å². The van der Waals surface area contributed by atoms with E-state index in [-0.39, 0.29) is 0 Å². The van der Waals surface area contributed by atoms with Crippen LogP contribution in [-0.4, -0.2) is 0 Å². The predicted octanol–water partition coefficient (Wildman–Crippen LogP) is 4.59. The van der Waals surface area contributed by atoms with E-state index in [1.165, 1.54) is 5.56 Å². The highest BCUT2D eigenvalue weighted by Gasteiger charge is 2.06. The molecule has 0 amide bonds. The maximum Gasteiger partial charge on any atom is 0.131 e. The molecule has 2 aromatic rings. The van der Waals surface area contributed by atoms with Crippen molar-refractivity contribution in [3.8, 4) is 11.5 Å². The highest BCUT2D eigenvalue weighted by atomic mass is 35.5. The Kier molecular flexibility index (Phi) is 3.78. The van der Waals surface area contributed by atoms with Crippen molar-refractivity contribution in [1.82, 2.24) is 0 Å². The summed E-state index contributed by atoms with van der Waals surface area (Å²) >= 11 is 6.01. The van der Waals surface area contributed by atoms with Crippen molar-refractivity contribution in [2.75, 3.05) is 5.73 Å². The molecule has 18 heavy (non-hydrogen) atoms. The molecule has 2 aromatic carbocycles. The van der Waals surface area contributed by atoms with Crippen molar-refractivity contribution in [2.45, 2.75) is 20.3 Å². The van der Waals surface area contributed by atoms with Gasteiger partial charge < -0.3 is 10.5 Å². The van der Waals surface area contributed by atoms with Crippen molar-refractivity contribution >= 4 is 17.3 Å². The summed E-state index contributed by atoms with van der Waals surface area (Å²) in [5, 5.41) is 0.516. The van der Waals surface area contributed by atoms with E-state index in [1.54, 1.807) is 6.07 Å². The predicted molar refractivity (Wildman–Crippen MR) is 76.5 cm³/mol. The second kappa shape index (κ2) is 5.32. The number of benzene rings is 2. The molecule has 2 rings (SSSR count). The van der Waals surface area contributed by atoms with Crippen LogP contribution in [-0.2, 0) is 6.42 Å². The fourth-order valence-corrected chi connectivity index (χ4v) is 1.91. The molecule has 0 fully saturated rings. The zero-order chi connectivity index (χ0) is 13.1. The third-order valence-electron chi connectivity index (χ3n) is 2.83. The van der Waals surface area contributed by atoms with Gasteiger partial charge in [-0.2, -0.15) is 0 Å². The highest BCUT2D eigenvalue weighted by molar-refractivity contribution is 6.33. The van der Waals surface area contributed by atoms with Gasteiger partial charge in [-0.05, 0) is 42.7 Å². The first-order valence-electron chi connectivity index (χ1n) is 5.92. The van der Waals surface area contributed by atoms with Crippen LogP contribution in [0.3, 0.4) is 0 Å². The Morgan fingerprint density at radius 3 is 2.72 bits per heavy atom. The number of anilines is 1. The zero-order valence-corrected chi connectivity index (χ0v) is 11.3. The molecule has 0 heterocycles. The van der Waals surface area contributed by atoms with Crippen molar-refractivity contribution in [1.29, 1.82) is 0 Å². The number of hydrogen-bond acceptors (Lipinski definition) is 2. The maximum absolute atomic E-state index is 6.01. The molecule has 2 nitrogen and oxygen atoms in total. The molecule has 0 aromatic heterocycles. The van der Waals surface area contributed by atoms with Gasteiger partial charge in [0.15, 0.2) is 0 Å². The number of rotatable bonds is 3. The van der Waals surface area contributed by atoms with Gasteiger partial charge in [-0.15, -0.1) is 0 Å². The quantitative estimate of drug-likeness (QED) is 0.821. The van der Waals surface area contributed by atoms with E-state index in [2.05, 4.69) is 13.0 Å². The summed E-state index contributed by atoms with van der Waals surface area (Å²) in [6.07, 6.45) is 0.985.